The summed E-state index contributed by atoms with van der Waals surface area (Å²) in [6, 6.07) is 15.6. The Balaban J connectivity index is 0.00000300. The van der Waals surface area contributed by atoms with Gasteiger partial charge in [-0.1, -0.05) is 36.8 Å². The first-order valence-electron chi connectivity index (χ1n) is 9.42. The van der Waals surface area contributed by atoms with Gasteiger partial charge in [-0.15, -0.1) is 12.4 Å². The molecule has 0 fully saturated rings. The molecule has 3 aromatic rings. The lowest BCUT2D eigenvalue weighted by Gasteiger charge is -2.06. The van der Waals surface area contributed by atoms with Crippen LogP contribution in [0, 0.1) is 6.92 Å². The number of carbonyl (C=O) groups excluding carboxylic acids is 1. The average molecular weight is 415 g/mol. The average Bonchev–Trinajstić information content (AvgIpc) is 3.17. The molecule has 0 unspecified atom stereocenters. The second-order valence-electron chi connectivity index (χ2n) is 6.51. The van der Waals surface area contributed by atoms with Crippen LogP contribution in [0.1, 0.15) is 22.8 Å². The third-order valence-corrected chi connectivity index (χ3v) is 4.44. The fourth-order valence-electron chi connectivity index (χ4n) is 2.89. The van der Waals surface area contributed by atoms with Gasteiger partial charge in [-0.3, -0.25) is 4.79 Å². The molecule has 7 heteroatoms. The number of nitrogens with one attached hydrogen (secondary N) is 2. The van der Waals surface area contributed by atoms with E-state index in [0.717, 1.165) is 30.1 Å². The third-order valence-electron chi connectivity index (χ3n) is 4.44. The highest BCUT2D eigenvalue weighted by atomic mass is 35.5. The van der Waals surface area contributed by atoms with Crippen LogP contribution in [0.2, 0.25) is 0 Å². The Morgan fingerprint density at radius 3 is 2.59 bits per heavy atom. The number of benzene rings is 2. The molecule has 6 nitrogen and oxygen atoms in total. The van der Waals surface area contributed by atoms with Crippen LogP contribution in [0.5, 0.6) is 5.75 Å². The van der Waals surface area contributed by atoms with Crippen LogP contribution in [0.25, 0.3) is 16.9 Å². The fraction of sp³-hybridized carbons (Fsp3) is 0.273. The van der Waals surface area contributed by atoms with Gasteiger partial charge in [0.05, 0.1) is 18.4 Å². The van der Waals surface area contributed by atoms with Gasteiger partial charge in [-0.05, 0) is 37.7 Å². The van der Waals surface area contributed by atoms with E-state index >= 15 is 0 Å². The third kappa shape index (κ3) is 5.59. The van der Waals surface area contributed by atoms with Crippen LogP contribution in [0.3, 0.4) is 0 Å². The van der Waals surface area contributed by atoms with E-state index in [0.29, 0.717) is 17.8 Å². The number of aromatic nitrogens is 2. The summed E-state index contributed by atoms with van der Waals surface area (Å²) in [6.45, 7) is 6.23. The fourth-order valence-corrected chi connectivity index (χ4v) is 2.89. The first-order chi connectivity index (χ1) is 13.6. The van der Waals surface area contributed by atoms with Crippen LogP contribution in [-0.2, 0) is 0 Å². The molecule has 0 saturated carbocycles. The van der Waals surface area contributed by atoms with Gasteiger partial charge in [0.15, 0.2) is 0 Å². The van der Waals surface area contributed by atoms with Crippen molar-refractivity contribution in [2.24, 2.45) is 0 Å². The molecule has 2 aromatic carbocycles. The van der Waals surface area contributed by atoms with Gasteiger partial charge >= 0.3 is 0 Å². The summed E-state index contributed by atoms with van der Waals surface area (Å²) < 4.78 is 7.07. The highest BCUT2D eigenvalue weighted by Crippen LogP contribution is 2.27. The predicted octanol–water partition coefficient (Wildman–Crippen LogP) is 3.62. The van der Waals surface area contributed by atoms with E-state index in [-0.39, 0.29) is 18.3 Å². The molecule has 1 amide bonds. The summed E-state index contributed by atoms with van der Waals surface area (Å²) in [6.07, 6.45) is 1.78. The molecule has 154 valence electrons. The van der Waals surface area contributed by atoms with Crippen LogP contribution in [0.4, 0.5) is 0 Å². The minimum absolute atomic E-state index is 0. The van der Waals surface area contributed by atoms with E-state index in [1.807, 2.05) is 62.4 Å². The van der Waals surface area contributed by atoms with Crippen LogP contribution < -0.4 is 15.4 Å². The minimum atomic E-state index is -0.144. The molecule has 1 heterocycles. The van der Waals surface area contributed by atoms with E-state index in [1.54, 1.807) is 18.0 Å². The smallest absolute Gasteiger partial charge is 0.255 e. The van der Waals surface area contributed by atoms with Crippen molar-refractivity contribution in [1.82, 2.24) is 20.4 Å². The summed E-state index contributed by atoms with van der Waals surface area (Å²) in [4.78, 5) is 12.8. The molecular formula is C22H27ClN4O2. The number of likely N-dealkylation sites (N-methyl/N-ethyl adjacent to an activating group) is 1. The molecule has 3 rings (SSSR count). The van der Waals surface area contributed by atoms with E-state index in [2.05, 4.69) is 10.6 Å². The zero-order valence-electron chi connectivity index (χ0n) is 16.9. The number of rotatable bonds is 8. The molecule has 0 spiro atoms. The number of nitrogens with zero attached hydrogens (tertiary/aromatic N) is 2. The van der Waals surface area contributed by atoms with Gasteiger partial charge in [0.25, 0.3) is 5.91 Å². The van der Waals surface area contributed by atoms with Gasteiger partial charge in [-0.2, -0.15) is 5.10 Å². The molecule has 0 atom stereocenters. The van der Waals surface area contributed by atoms with Crippen molar-refractivity contribution < 1.29 is 9.53 Å². The molecule has 0 radical (unpaired) electrons. The lowest BCUT2D eigenvalue weighted by atomic mass is 10.1. The normalized spacial score (nSPS) is 10.3. The van der Waals surface area contributed by atoms with Crippen LogP contribution in [0.15, 0.2) is 54.7 Å². The lowest BCUT2D eigenvalue weighted by Crippen LogP contribution is -2.31. The van der Waals surface area contributed by atoms with Crippen molar-refractivity contribution in [3.8, 4) is 22.7 Å². The minimum Gasteiger partial charge on any atom is -0.497 e. The van der Waals surface area contributed by atoms with Crippen molar-refractivity contribution in [1.29, 1.82) is 0 Å². The highest BCUT2D eigenvalue weighted by molar-refractivity contribution is 6.00. The molecule has 2 N–H and O–H groups in total. The van der Waals surface area contributed by atoms with Gasteiger partial charge in [0, 0.05) is 24.8 Å². The quantitative estimate of drug-likeness (QED) is 0.552. The van der Waals surface area contributed by atoms with Gasteiger partial charge in [-0.25, -0.2) is 4.68 Å². The number of halogens is 1. The summed E-state index contributed by atoms with van der Waals surface area (Å²) >= 11 is 0. The summed E-state index contributed by atoms with van der Waals surface area (Å²) in [5, 5.41) is 10.9. The van der Waals surface area contributed by atoms with E-state index in [1.165, 1.54) is 5.56 Å². The highest BCUT2D eigenvalue weighted by Gasteiger charge is 2.19. The monoisotopic (exact) mass is 414 g/mol. The first-order valence-corrected chi connectivity index (χ1v) is 9.42. The molecule has 0 aliphatic rings. The number of hydrogen-bond acceptors (Lipinski definition) is 4. The van der Waals surface area contributed by atoms with Gasteiger partial charge in [0.1, 0.15) is 11.4 Å². The predicted molar refractivity (Wildman–Crippen MR) is 118 cm³/mol. The molecular weight excluding hydrogens is 388 g/mol. The Kier molecular flexibility index (Phi) is 8.24. The number of methoxy groups -OCH3 is 1. The molecule has 0 aliphatic carbocycles. The van der Waals surface area contributed by atoms with Crippen LogP contribution in [-0.4, -0.2) is 42.4 Å². The topological polar surface area (TPSA) is 68.2 Å². The molecule has 1 aromatic heterocycles. The maximum Gasteiger partial charge on any atom is 0.255 e. The van der Waals surface area contributed by atoms with Crippen molar-refractivity contribution in [2.75, 3.05) is 26.7 Å². The van der Waals surface area contributed by atoms with Crippen LogP contribution >= 0.6 is 12.4 Å². The van der Waals surface area contributed by atoms with E-state index < -0.39 is 0 Å². The van der Waals surface area contributed by atoms with Crippen molar-refractivity contribution in [3.63, 3.8) is 0 Å². The van der Waals surface area contributed by atoms with Crippen molar-refractivity contribution in [3.05, 3.63) is 65.9 Å². The largest absolute Gasteiger partial charge is 0.497 e. The molecule has 29 heavy (non-hydrogen) atoms. The zero-order valence-corrected chi connectivity index (χ0v) is 17.8. The maximum atomic E-state index is 12.8. The number of hydrogen-bond donors (Lipinski definition) is 2. The van der Waals surface area contributed by atoms with Crippen molar-refractivity contribution in [2.45, 2.75) is 13.8 Å². The van der Waals surface area contributed by atoms with Gasteiger partial charge in [0.2, 0.25) is 0 Å². The summed E-state index contributed by atoms with van der Waals surface area (Å²) in [5.41, 5.74) is 4.07. The second kappa shape index (κ2) is 10.6. The Morgan fingerprint density at radius 2 is 1.90 bits per heavy atom. The molecule has 0 saturated heterocycles. The Bertz CT molecular complexity index is 938. The molecule has 0 bridgehead atoms. The number of carbonyl (C=O) groups is 1. The Labute approximate surface area is 177 Å². The summed E-state index contributed by atoms with van der Waals surface area (Å²) in [5.74, 6) is 0.579. The maximum absolute atomic E-state index is 12.8. The number of aryl methyl sites for hydroxylation is 1. The Hall–Kier alpha value is -2.83. The standard InChI is InChI=1S/C22H26N4O2.ClH/c1-4-23-12-13-24-22(27)20-15-26(18-10-8-16(2)9-11-18)25-21(20)17-6-5-7-19(14-17)28-3;/h5-11,14-15,23H,4,12-13H2,1-3H3,(H,24,27);1H. The summed E-state index contributed by atoms with van der Waals surface area (Å²) in [7, 11) is 1.62. The zero-order chi connectivity index (χ0) is 19.9. The lowest BCUT2D eigenvalue weighted by molar-refractivity contribution is 0.0954. The van der Waals surface area contributed by atoms with Crippen molar-refractivity contribution >= 4 is 18.3 Å². The van der Waals surface area contributed by atoms with E-state index in [4.69, 9.17) is 9.84 Å². The second-order valence-corrected chi connectivity index (χ2v) is 6.51. The number of amides is 1. The Morgan fingerprint density at radius 1 is 1.14 bits per heavy atom. The van der Waals surface area contributed by atoms with Gasteiger partial charge < -0.3 is 15.4 Å². The first kappa shape index (κ1) is 22.5. The SMILES string of the molecule is CCNCCNC(=O)c1cn(-c2ccc(C)cc2)nc1-c1cccc(OC)c1.Cl. The number of ether oxygens (including phenoxy) is 1. The molecule has 0 aliphatic heterocycles. The van der Waals surface area contributed by atoms with E-state index in [9.17, 15) is 4.79 Å².